The van der Waals surface area contributed by atoms with E-state index in [1.165, 1.54) is 11.0 Å². The van der Waals surface area contributed by atoms with E-state index in [0.717, 1.165) is 18.7 Å². The van der Waals surface area contributed by atoms with Crippen LogP contribution in [-0.2, 0) is 11.3 Å². The number of amides is 1. The average Bonchev–Trinajstić information content (AvgIpc) is 2.41. The van der Waals surface area contributed by atoms with Gasteiger partial charge in [0.15, 0.2) is 0 Å². The lowest BCUT2D eigenvalue weighted by Gasteiger charge is -2.32. The largest absolute Gasteiger partial charge is 0.330 e. The van der Waals surface area contributed by atoms with Crippen LogP contribution in [0, 0.1) is 5.82 Å². The fourth-order valence-corrected chi connectivity index (χ4v) is 2.41. The molecule has 1 heterocycles. The van der Waals surface area contributed by atoms with Crippen LogP contribution < -0.4 is 4.90 Å². The quantitative estimate of drug-likeness (QED) is 0.786. The Morgan fingerprint density at radius 2 is 2.00 bits per heavy atom. The Kier molecular flexibility index (Phi) is 4.55. The van der Waals surface area contributed by atoms with Gasteiger partial charge in [-0.1, -0.05) is 18.2 Å². The molecule has 18 heavy (non-hydrogen) atoms. The molecule has 0 radical (unpaired) electrons. The van der Waals surface area contributed by atoms with E-state index in [2.05, 4.69) is 0 Å². The van der Waals surface area contributed by atoms with Gasteiger partial charge in [-0.25, -0.2) is 4.39 Å². The van der Waals surface area contributed by atoms with Gasteiger partial charge in [0.2, 0.25) is 5.91 Å². The molecule has 1 saturated heterocycles. The highest BCUT2D eigenvalue weighted by molar-refractivity contribution is 6.27. The van der Waals surface area contributed by atoms with Crippen molar-refractivity contribution in [2.45, 2.75) is 6.54 Å². The Morgan fingerprint density at radius 3 is 2.61 bits per heavy atom. The van der Waals surface area contributed by atoms with Gasteiger partial charge in [-0.05, 0) is 6.07 Å². The summed E-state index contributed by atoms with van der Waals surface area (Å²) in [6.45, 7) is 3.77. The molecular formula is C13H17ClFN2O+. The van der Waals surface area contributed by atoms with Gasteiger partial charge in [-0.2, -0.15) is 0 Å². The van der Waals surface area contributed by atoms with Crippen LogP contribution in [0.3, 0.4) is 0 Å². The number of carbonyl (C=O) groups is 1. The van der Waals surface area contributed by atoms with Gasteiger partial charge in [-0.15, -0.1) is 11.6 Å². The lowest BCUT2D eigenvalue weighted by Crippen LogP contribution is -3.13. The second-order valence-electron chi connectivity index (χ2n) is 4.53. The minimum atomic E-state index is -0.149. The fraction of sp³-hybridized carbons (Fsp3) is 0.462. The van der Waals surface area contributed by atoms with Crippen LogP contribution in [0.4, 0.5) is 4.39 Å². The second kappa shape index (κ2) is 6.16. The van der Waals surface area contributed by atoms with Crippen LogP contribution >= 0.6 is 11.6 Å². The first-order chi connectivity index (χ1) is 8.70. The fourth-order valence-electron chi connectivity index (χ4n) is 2.24. The number of hydrogen-bond donors (Lipinski definition) is 1. The first-order valence-electron chi connectivity index (χ1n) is 6.11. The van der Waals surface area contributed by atoms with Gasteiger partial charge in [0.25, 0.3) is 0 Å². The molecule has 0 atom stereocenters. The maximum absolute atomic E-state index is 13.5. The van der Waals surface area contributed by atoms with Gasteiger partial charge in [-0.3, -0.25) is 4.79 Å². The molecule has 1 amide bonds. The monoisotopic (exact) mass is 271 g/mol. The summed E-state index contributed by atoms with van der Waals surface area (Å²) >= 11 is 5.52. The highest BCUT2D eigenvalue weighted by Gasteiger charge is 2.23. The molecule has 98 valence electrons. The Hall–Kier alpha value is -1.13. The molecule has 3 nitrogen and oxygen atoms in total. The van der Waals surface area contributed by atoms with Crippen molar-refractivity contribution >= 4 is 17.5 Å². The number of halogens is 2. The van der Waals surface area contributed by atoms with E-state index >= 15 is 0 Å². The molecule has 0 spiro atoms. The van der Waals surface area contributed by atoms with Gasteiger partial charge in [0.05, 0.1) is 26.2 Å². The third-order valence-electron chi connectivity index (χ3n) is 3.34. The van der Waals surface area contributed by atoms with Crippen LogP contribution in [0.1, 0.15) is 5.56 Å². The number of alkyl halides is 1. The van der Waals surface area contributed by atoms with E-state index in [9.17, 15) is 9.18 Å². The van der Waals surface area contributed by atoms with Gasteiger partial charge in [0.1, 0.15) is 18.2 Å². The van der Waals surface area contributed by atoms with Gasteiger partial charge in [0, 0.05) is 5.56 Å². The topological polar surface area (TPSA) is 24.8 Å². The number of benzene rings is 1. The van der Waals surface area contributed by atoms with Crippen LogP contribution in [-0.4, -0.2) is 42.9 Å². The lowest BCUT2D eigenvalue weighted by atomic mass is 10.2. The van der Waals surface area contributed by atoms with Crippen molar-refractivity contribution in [3.8, 4) is 0 Å². The standard InChI is InChI=1S/C13H16ClFN2O/c14-9-13(18)17-7-5-16(6-8-17)10-11-3-1-2-4-12(11)15/h1-4H,5-10H2/p+1. The number of nitrogens with zero attached hydrogens (tertiary/aromatic N) is 1. The molecule has 0 bridgehead atoms. The smallest absolute Gasteiger partial charge is 0.237 e. The van der Waals surface area contributed by atoms with E-state index in [4.69, 9.17) is 11.6 Å². The van der Waals surface area contributed by atoms with E-state index in [0.29, 0.717) is 19.6 Å². The van der Waals surface area contributed by atoms with Crippen molar-refractivity contribution in [3.05, 3.63) is 35.6 Å². The molecule has 1 aliphatic heterocycles. The highest BCUT2D eigenvalue weighted by Crippen LogP contribution is 2.04. The third-order valence-corrected chi connectivity index (χ3v) is 3.56. The van der Waals surface area contributed by atoms with Crippen LogP contribution in [0.5, 0.6) is 0 Å². The third kappa shape index (κ3) is 3.21. The number of nitrogens with one attached hydrogen (secondary N) is 1. The zero-order chi connectivity index (χ0) is 13.0. The molecule has 1 N–H and O–H groups in total. The van der Waals surface area contributed by atoms with E-state index in [1.54, 1.807) is 11.0 Å². The zero-order valence-corrected chi connectivity index (χ0v) is 10.9. The van der Waals surface area contributed by atoms with Crippen molar-refractivity contribution in [1.82, 2.24) is 4.90 Å². The maximum atomic E-state index is 13.5. The Labute approximate surface area is 111 Å². The van der Waals surface area contributed by atoms with Gasteiger partial charge >= 0.3 is 0 Å². The summed E-state index contributed by atoms with van der Waals surface area (Å²) in [7, 11) is 0. The Balaban J connectivity index is 1.87. The minimum absolute atomic E-state index is 0.0124. The summed E-state index contributed by atoms with van der Waals surface area (Å²) in [5, 5.41) is 0. The van der Waals surface area contributed by atoms with Crippen LogP contribution in [0.15, 0.2) is 24.3 Å². The van der Waals surface area contributed by atoms with E-state index in [-0.39, 0.29) is 17.6 Å². The number of rotatable bonds is 3. The maximum Gasteiger partial charge on any atom is 0.237 e. The molecule has 0 saturated carbocycles. The predicted molar refractivity (Wildman–Crippen MR) is 68.1 cm³/mol. The molecule has 0 aromatic heterocycles. The Bertz CT molecular complexity index is 419. The molecule has 5 heteroatoms. The number of piperazine rings is 1. The second-order valence-corrected chi connectivity index (χ2v) is 4.80. The predicted octanol–water partition coefficient (Wildman–Crippen LogP) is 0.292. The number of quaternary nitrogens is 1. The minimum Gasteiger partial charge on any atom is -0.330 e. The average molecular weight is 272 g/mol. The van der Waals surface area contributed by atoms with Crippen molar-refractivity contribution < 1.29 is 14.1 Å². The number of hydrogen-bond acceptors (Lipinski definition) is 1. The summed E-state index contributed by atoms with van der Waals surface area (Å²) in [6.07, 6.45) is 0. The van der Waals surface area contributed by atoms with Crippen molar-refractivity contribution in [2.24, 2.45) is 0 Å². The number of carbonyl (C=O) groups excluding carboxylic acids is 1. The summed E-state index contributed by atoms with van der Waals surface area (Å²) < 4.78 is 13.5. The summed E-state index contributed by atoms with van der Waals surface area (Å²) in [5.41, 5.74) is 0.740. The summed E-state index contributed by atoms with van der Waals surface area (Å²) in [5.74, 6) is -0.117. The molecular weight excluding hydrogens is 255 g/mol. The molecule has 0 aliphatic carbocycles. The lowest BCUT2D eigenvalue weighted by molar-refractivity contribution is -0.917. The van der Waals surface area contributed by atoms with E-state index in [1.807, 2.05) is 12.1 Å². The van der Waals surface area contributed by atoms with Crippen molar-refractivity contribution in [2.75, 3.05) is 32.1 Å². The zero-order valence-electron chi connectivity index (χ0n) is 10.2. The summed E-state index contributed by atoms with van der Waals surface area (Å²) in [4.78, 5) is 14.5. The van der Waals surface area contributed by atoms with E-state index < -0.39 is 0 Å². The van der Waals surface area contributed by atoms with Gasteiger partial charge < -0.3 is 9.80 Å². The first-order valence-corrected chi connectivity index (χ1v) is 6.65. The molecule has 0 unspecified atom stereocenters. The van der Waals surface area contributed by atoms with Crippen molar-refractivity contribution in [1.29, 1.82) is 0 Å². The van der Waals surface area contributed by atoms with Crippen molar-refractivity contribution in [3.63, 3.8) is 0 Å². The molecule has 1 fully saturated rings. The molecule has 1 aliphatic rings. The first kappa shape index (κ1) is 13.3. The van der Waals surface area contributed by atoms with Crippen LogP contribution in [0.2, 0.25) is 0 Å². The summed E-state index contributed by atoms with van der Waals surface area (Å²) in [6, 6.07) is 6.86. The van der Waals surface area contributed by atoms with Crippen LogP contribution in [0.25, 0.3) is 0 Å². The molecule has 1 aromatic carbocycles. The Morgan fingerprint density at radius 1 is 1.33 bits per heavy atom. The normalized spacial score (nSPS) is 16.9. The molecule has 2 rings (SSSR count). The SMILES string of the molecule is O=C(CCl)N1CC[NH+](Cc2ccccc2F)CC1. The molecule has 1 aromatic rings. The highest BCUT2D eigenvalue weighted by atomic mass is 35.5.